The van der Waals surface area contributed by atoms with E-state index in [4.69, 9.17) is 0 Å². The van der Waals surface area contributed by atoms with Crippen molar-refractivity contribution >= 4 is 28.8 Å². The average Bonchev–Trinajstić information content (AvgIpc) is 3.12. The van der Waals surface area contributed by atoms with Crippen LogP contribution in [0.15, 0.2) is 60.9 Å². The third kappa shape index (κ3) is 3.46. The van der Waals surface area contributed by atoms with E-state index in [1.807, 2.05) is 61.5 Å². The summed E-state index contributed by atoms with van der Waals surface area (Å²) in [4.78, 5) is 25.3. The smallest absolute Gasteiger partial charge is 0.278 e. The molecule has 6 heteroatoms. The zero-order valence-corrected chi connectivity index (χ0v) is 15.4. The van der Waals surface area contributed by atoms with Gasteiger partial charge in [-0.1, -0.05) is 18.2 Å². The van der Waals surface area contributed by atoms with Gasteiger partial charge in [0.2, 0.25) is 0 Å². The summed E-state index contributed by atoms with van der Waals surface area (Å²) in [6.45, 7) is 0.679. The van der Waals surface area contributed by atoms with E-state index in [1.165, 1.54) is 11.8 Å². The fraction of sp³-hybridized carbons (Fsp3) is 0.190. The van der Waals surface area contributed by atoms with E-state index in [-0.39, 0.29) is 5.91 Å². The molecule has 0 saturated heterocycles. The van der Waals surface area contributed by atoms with E-state index in [0.717, 1.165) is 23.5 Å². The van der Waals surface area contributed by atoms with Crippen LogP contribution in [0.1, 0.15) is 16.1 Å². The summed E-state index contributed by atoms with van der Waals surface area (Å²) in [5, 5.41) is 3.20. The SMILES string of the molecule is CN(C)c1ccc(Nc2cnc(C(=O)N3CCc4ccccc43)cn2)cc1. The van der Waals surface area contributed by atoms with Gasteiger partial charge in [0.25, 0.3) is 5.91 Å². The fourth-order valence-corrected chi connectivity index (χ4v) is 3.18. The molecule has 27 heavy (non-hydrogen) atoms. The Balaban J connectivity index is 1.47. The van der Waals surface area contributed by atoms with Crippen molar-refractivity contribution in [3.8, 4) is 0 Å². The predicted octanol–water partition coefficient (Wildman–Crippen LogP) is 3.49. The number of anilines is 4. The maximum Gasteiger partial charge on any atom is 0.278 e. The normalized spacial score (nSPS) is 12.6. The number of benzene rings is 2. The van der Waals surface area contributed by atoms with E-state index in [1.54, 1.807) is 11.1 Å². The van der Waals surface area contributed by atoms with Gasteiger partial charge in [-0.2, -0.15) is 0 Å². The second-order valence-electron chi connectivity index (χ2n) is 6.69. The van der Waals surface area contributed by atoms with Gasteiger partial charge in [-0.25, -0.2) is 9.97 Å². The minimum atomic E-state index is -0.116. The molecule has 0 spiro atoms. The van der Waals surface area contributed by atoms with E-state index in [0.29, 0.717) is 18.1 Å². The average molecular weight is 359 g/mol. The van der Waals surface area contributed by atoms with E-state index >= 15 is 0 Å². The molecule has 0 aliphatic carbocycles. The molecule has 0 atom stereocenters. The second kappa shape index (κ2) is 7.07. The van der Waals surface area contributed by atoms with Crippen molar-refractivity contribution in [1.29, 1.82) is 0 Å². The monoisotopic (exact) mass is 359 g/mol. The summed E-state index contributed by atoms with van der Waals surface area (Å²) in [5.41, 5.74) is 4.55. The molecule has 1 aromatic heterocycles. The van der Waals surface area contributed by atoms with E-state index < -0.39 is 0 Å². The third-order valence-corrected chi connectivity index (χ3v) is 4.66. The molecule has 2 heterocycles. The highest BCUT2D eigenvalue weighted by molar-refractivity contribution is 6.05. The number of hydrogen-bond acceptors (Lipinski definition) is 5. The molecule has 4 rings (SSSR count). The van der Waals surface area contributed by atoms with E-state index in [2.05, 4.69) is 21.4 Å². The molecule has 0 unspecified atom stereocenters. The number of para-hydroxylation sites is 1. The van der Waals surface area contributed by atoms with Gasteiger partial charge in [-0.3, -0.25) is 4.79 Å². The Morgan fingerprint density at radius 3 is 2.52 bits per heavy atom. The molecule has 1 aliphatic rings. The Hall–Kier alpha value is -3.41. The molecular weight excluding hydrogens is 338 g/mol. The molecule has 2 aromatic carbocycles. The van der Waals surface area contributed by atoms with Crippen molar-refractivity contribution in [3.63, 3.8) is 0 Å². The second-order valence-corrected chi connectivity index (χ2v) is 6.69. The number of amides is 1. The maximum atomic E-state index is 12.8. The number of rotatable bonds is 4. The van der Waals surface area contributed by atoms with Crippen molar-refractivity contribution in [2.75, 3.05) is 35.8 Å². The molecule has 1 N–H and O–H groups in total. The highest BCUT2D eigenvalue weighted by Gasteiger charge is 2.26. The van der Waals surface area contributed by atoms with Crippen LogP contribution in [0.2, 0.25) is 0 Å². The minimum Gasteiger partial charge on any atom is -0.378 e. The Morgan fingerprint density at radius 1 is 1.04 bits per heavy atom. The van der Waals surface area contributed by atoms with Crippen molar-refractivity contribution < 1.29 is 4.79 Å². The Bertz CT molecular complexity index is 951. The number of carbonyl (C=O) groups excluding carboxylic acids is 1. The lowest BCUT2D eigenvalue weighted by molar-refractivity contribution is 0.0984. The van der Waals surface area contributed by atoms with Gasteiger partial charge >= 0.3 is 0 Å². The number of nitrogens with zero attached hydrogens (tertiary/aromatic N) is 4. The number of fused-ring (bicyclic) bond motifs is 1. The largest absolute Gasteiger partial charge is 0.378 e. The highest BCUT2D eigenvalue weighted by Crippen LogP contribution is 2.28. The first-order valence-electron chi connectivity index (χ1n) is 8.88. The van der Waals surface area contributed by atoms with Crippen LogP contribution in [-0.4, -0.2) is 36.5 Å². The van der Waals surface area contributed by atoms with Crippen molar-refractivity contribution in [3.05, 3.63) is 72.2 Å². The lowest BCUT2D eigenvalue weighted by Crippen LogP contribution is -2.29. The van der Waals surface area contributed by atoms with Gasteiger partial charge in [-0.05, 0) is 42.3 Å². The molecule has 1 aliphatic heterocycles. The topological polar surface area (TPSA) is 61.4 Å². The first-order chi connectivity index (χ1) is 13.1. The molecule has 0 radical (unpaired) electrons. The summed E-state index contributed by atoms with van der Waals surface area (Å²) >= 11 is 0. The van der Waals surface area contributed by atoms with Gasteiger partial charge in [0, 0.05) is 37.7 Å². The van der Waals surface area contributed by atoms with Crippen LogP contribution in [0.25, 0.3) is 0 Å². The molecule has 1 amide bonds. The number of hydrogen-bond donors (Lipinski definition) is 1. The van der Waals surface area contributed by atoms with Crippen LogP contribution in [-0.2, 0) is 6.42 Å². The Labute approximate surface area is 158 Å². The van der Waals surface area contributed by atoms with E-state index in [9.17, 15) is 4.79 Å². The molecule has 0 saturated carbocycles. The number of carbonyl (C=O) groups is 1. The molecular formula is C21H21N5O. The van der Waals surface area contributed by atoms with Gasteiger partial charge in [0.1, 0.15) is 11.5 Å². The van der Waals surface area contributed by atoms with Crippen LogP contribution >= 0.6 is 0 Å². The molecule has 0 bridgehead atoms. The summed E-state index contributed by atoms with van der Waals surface area (Å²) in [5.74, 6) is 0.486. The summed E-state index contributed by atoms with van der Waals surface area (Å²) in [6.07, 6.45) is 3.99. The zero-order valence-electron chi connectivity index (χ0n) is 15.4. The first kappa shape index (κ1) is 17.0. The zero-order chi connectivity index (χ0) is 18.8. The predicted molar refractivity (Wildman–Crippen MR) is 108 cm³/mol. The van der Waals surface area contributed by atoms with Gasteiger partial charge in [0.15, 0.2) is 0 Å². The summed E-state index contributed by atoms with van der Waals surface area (Å²) < 4.78 is 0. The van der Waals surface area contributed by atoms with Crippen LogP contribution < -0.4 is 15.1 Å². The Kier molecular flexibility index (Phi) is 4.46. The Morgan fingerprint density at radius 2 is 1.81 bits per heavy atom. The lowest BCUT2D eigenvalue weighted by atomic mass is 10.2. The fourth-order valence-electron chi connectivity index (χ4n) is 3.18. The van der Waals surface area contributed by atoms with Gasteiger partial charge < -0.3 is 15.1 Å². The maximum absolute atomic E-state index is 12.8. The molecule has 0 fully saturated rings. The van der Waals surface area contributed by atoms with Crippen molar-refractivity contribution in [1.82, 2.24) is 9.97 Å². The number of aromatic nitrogens is 2. The van der Waals surface area contributed by atoms with Crippen molar-refractivity contribution in [2.45, 2.75) is 6.42 Å². The van der Waals surface area contributed by atoms with Crippen LogP contribution in [0.5, 0.6) is 0 Å². The van der Waals surface area contributed by atoms with Crippen molar-refractivity contribution in [2.24, 2.45) is 0 Å². The third-order valence-electron chi connectivity index (χ3n) is 4.66. The minimum absolute atomic E-state index is 0.116. The molecule has 136 valence electrons. The first-order valence-corrected chi connectivity index (χ1v) is 8.88. The molecule has 6 nitrogen and oxygen atoms in total. The molecule has 3 aromatic rings. The highest BCUT2D eigenvalue weighted by atomic mass is 16.2. The quantitative estimate of drug-likeness (QED) is 0.773. The van der Waals surface area contributed by atoms with Crippen LogP contribution in [0.3, 0.4) is 0 Å². The van der Waals surface area contributed by atoms with Crippen LogP contribution in [0, 0.1) is 0 Å². The van der Waals surface area contributed by atoms with Gasteiger partial charge in [0.05, 0.1) is 12.4 Å². The van der Waals surface area contributed by atoms with Gasteiger partial charge in [-0.15, -0.1) is 0 Å². The lowest BCUT2D eigenvalue weighted by Gasteiger charge is -2.16. The number of nitrogens with one attached hydrogen (secondary N) is 1. The summed E-state index contributed by atoms with van der Waals surface area (Å²) in [7, 11) is 4.00. The standard InChI is InChI=1S/C21H21N5O/c1-25(2)17-9-7-16(8-10-17)24-20-14-22-18(13-23-20)21(27)26-12-11-15-5-3-4-6-19(15)26/h3-10,13-14H,11-12H2,1-2H3,(H,23,24). The van der Waals surface area contributed by atoms with Crippen LogP contribution in [0.4, 0.5) is 22.9 Å². The summed E-state index contributed by atoms with van der Waals surface area (Å²) in [6, 6.07) is 16.0.